The maximum absolute atomic E-state index is 12.0. The van der Waals surface area contributed by atoms with E-state index in [1.54, 1.807) is 24.4 Å². The predicted octanol–water partition coefficient (Wildman–Crippen LogP) is 1.16. The van der Waals surface area contributed by atoms with E-state index < -0.39 is 16.0 Å². The number of hydrogen-bond acceptors (Lipinski definition) is 5. The number of carbonyl (C=O) groups is 1. The molecule has 0 aliphatic heterocycles. The number of aromatic nitrogens is 2. The third-order valence-corrected chi connectivity index (χ3v) is 3.94. The van der Waals surface area contributed by atoms with Gasteiger partial charge in [0, 0.05) is 24.5 Å². The Balaban J connectivity index is 2.10. The fraction of sp³-hybridized carbons (Fsp3) is 0.154. The average Bonchev–Trinajstić information content (AvgIpc) is 2.46. The normalized spacial score (nSPS) is 11.0. The highest BCUT2D eigenvalue weighted by Crippen LogP contribution is 2.15. The second-order valence-electron chi connectivity index (χ2n) is 4.22. The topological polar surface area (TPSA) is 109 Å². The third-order valence-electron chi connectivity index (χ3n) is 2.67. The van der Waals surface area contributed by atoms with Crippen LogP contribution >= 0.6 is 0 Å². The van der Waals surface area contributed by atoms with Crippen molar-refractivity contribution < 1.29 is 18.3 Å². The smallest absolute Gasteiger partial charge is 0.337 e. The molecule has 2 rings (SSSR count). The number of carboxylic acids is 1. The summed E-state index contributed by atoms with van der Waals surface area (Å²) in [6.07, 6.45) is 4.27. The molecule has 110 valence electrons. The van der Waals surface area contributed by atoms with Crippen molar-refractivity contribution in [3.05, 3.63) is 54.1 Å². The SMILES string of the molecule is O=C(O)c1ccncc1NS(=O)(=O)CCc1ccccn1. The Morgan fingerprint density at radius 3 is 2.71 bits per heavy atom. The summed E-state index contributed by atoms with van der Waals surface area (Å²) in [5.74, 6) is -1.42. The number of rotatable bonds is 6. The van der Waals surface area contributed by atoms with Gasteiger partial charge >= 0.3 is 5.97 Å². The number of anilines is 1. The van der Waals surface area contributed by atoms with Gasteiger partial charge in [-0.1, -0.05) is 6.07 Å². The van der Waals surface area contributed by atoms with Crippen LogP contribution in [0.2, 0.25) is 0 Å². The third kappa shape index (κ3) is 4.25. The van der Waals surface area contributed by atoms with Crippen LogP contribution in [-0.4, -0.2) is 35.2 Å². The minimum absolute atomic E-state index is 0.0500. The lowest BCUT2D eigenvalue weighted by Gasteiger charge is -2.09. The predicted molar refractivity (Wildman–Crippen MR) is 76.5 cm³/mol. The Bertz CT molecular complexity index is 732. The minimum atomic E-state index is -3.68. The first-order valence-corrected chi connectivity index (χ1v) is 7.71. The maximum atomic E-state index is 12.0. The molecule has 0 atom stereocenters. The van der Waals surface area contributed by atoms with E-state index in [2.05, 4.69) is 14.7 Å². The summed E-state index contributed by atoms with van der Waals surface area (Å²) in [6, 6.07) is 6.47. The van der Waals surface area contributed by atoms with Crippen LogP contribution in [0.4, 0.5) is 5.69 Å². The van der Waals surface area contributed by atoms with Crippen molar-refractivity contribution >= 4 is 21.7 Å². The molecule has 0 unspecified atom stereocenters. The van der Waals surface area contributed by atoms with Crippen LogP contribution in [-0.2, 0) is 16.4 Å². The van der Waals surface area contributed by atoms with Gasteiger partial charge in [0.05, 0.1) is 23.2 Å². The van der Waals surface area contributed by atoms with E-state index in [1.165, 1.54) is 18.5 Å². The molecule has 0 bridgehead atoms. The summed E-state index contributed by atoms with van der Waals surface area (Å²) in [6.45, 7) is 0. The monoisotopic (exact) mass is 307 g/mol. The van der Waals surface area contributed by atoms with Gasteiger partial charge in [-0.15, -0.1) is 0 Å². The van der Waals surface area contributed by atoms with Crippen molar-refractivity contribution in [2.24, 2.45) is 0 Å². The molecule has 2 aromatic heterocycles. The quantitative estimate of drug-likeness (QED) is 0.828. The molecular formula is C13H13N3O4S. The van der Waals surface area contributed by atoms with Crippen LogP contribution in [0, 0.1) is 0 Å². The molecule has 2 N–H and O–H groups in total. The first-order valence-electron chi connectivity index (χ1n) is 6.05. The molecule has 7 nitrogen and oxygen atoms in total. The fourth-order valence-corrected chi connectivity index (χ4v) is 2.74. The molecular weight excluding hydrogens is 294 g/mol. The van der Waals surface area contributed by atoms with Crippen molar-refractivity contribution in [2.45, 2.75) is 6.42 Å². The number of carboxylic acid groups (broad SMARTS) is 1. The fourth-order valence-electron chi connectivity index (χ4n) is 1.67. The number of hydrogen-bond donors (Lipinski definition) is 2. The molecule has 0 aromatic carbocycles. The van der Waals surface area contributed by atoms with Gasteiger partial charge in [-0.3, -0.25) is 14.7 Å². The van der Waals surface area contributed by atoms with Gasteiger partial charge in [0.15, 0.2) is 0 Å². The van der Waals surface area contributed by atoms with Crippen LogP contribution in [0.1, 0.15) is 16.1 Å². The first-order chi connectivity index (χ1) is 9.98. The summed E-state index contributed by atoms with van der Waals surface area (Å²) >= 11 is 0. The summed E-state index contributed by atoms with van der Waals surface area (Å²) in [5.41, 5.74) is 0.449. The minimum Gasteiger partial charge on any atom is -0.478 e. The van der Waals surface area contributed by atoms with E-state index >= 15 is 0 Å². The van der Waals surface area contributed by atoms with Gasteiger partial charge in [0.1, 0.15) is 0 Å². The molecule has 0 aliphatic rings. The standard InChI is InChI=1S/C13H13N3O4S/c17-13(18)11-4-7-14-9-12(11)16-21(19,20)8-5-10-3-1-2-6-15-10/h1-4,6-7,9,16H,5,8H2,(H,17,18). The molecule has 0 spiro atoms. The number of aromatic carboxylic acids is 1. The van der Waals surface area contributed by atoms with Gasteiger partial charge in [-0.2, -0.15) is 0 Å². The first kappa shape index (κ1) is 14.9. The van der Waals surface area contributed by atoms with E-state index in [0.717, 1.165) is 0 Å². The Kier molecular flexibility index (Phi) is 4.49. The summed E-state index contributed by atoms with van der Waals surface area (Å²) in [5, 5.41) is 9.00. The molecule has 2 heterocycles. The number of nitrogens with zero attached hydrogens (tertiary/aromatic N) is 2. The molecule has 0 saturated carbocycles. The molecule has 0 radical (unpaired) electrons. The van der Waals surface area contributed by atoms with Crippen LogP contribution in [0.15, 0.2) is 42.9 Å². The van der Waals surface area contributed by atoms with Crippen LogP contribution < -0.4 is 4.72 Å². The van der Waals surface area contributed by atoms with Crippen LogP contribution in [0.5, 0.6) is 0 Å². The molecule has 0 saturated heterocycles. The van der Waals surface area contributed by atoms with Crippen molar-refractivity contribution in [3.63, 3.8) is 0 Å². The van der Waals surface area contributed by atoms with E-state index in [9.17, 15) is 13.2 Å². The Labute approximate surface area is 121 Å². The maximum Gasteiger partial charge on any atom is 0.337 e. The second kappa shape index (κ2) is 6.31. The van der Waals surface area contributed by atoms with Gasteiger partial charge in [0.2, 0.25) is 10.0 Å². The van der Waals surface area contributed by atoms with E-state index in [4.69, 9.17) is 5.11 Å². The number of sulfonamides is 1. The van der Waals surface area contributed by atoms with Crippen molar-refractivity contribution in [3.8, 4) is 0 Å². The van der Waals surface area contributed by atoms with Crippen molar-refractivity contribution in [2.75, 3.05) is 10.5 Å². The molecule has 21 heavy (non-hydrogen) atoms. The van der Waals surface area contributed by atoms with Gasteiger partial charge in [-0.25, -0.2) is 13.2 Å². The zero-order valence-electron chi connectivity index (χ0n) is 10.9. The molecule has 2 aromatic rings. The zero-order valence-corrected chi connectivity index (χ0v) is 11.7. The molecule has 8 heteroatoms. The highest BCUT2D eigenvalue weighted by molar-refractivity contribution is 7.92. The molecule has 0 fully saturated rings. The largest absolute Gasteiger partial charge is 0.478 e. The molecule has 0 aliphatic carbocycles. The lowest BCUT2D eigenvalue weighted by Crippen LogP contribution is -2.20. The summed E-state index contributed by atoms with van der Waals surface area (Å²) < 4.78 is 26.2. The van der Waals surface area contributed by atoms with E-state index in [0.29, 0.717) is 5.69 Å². The number of nitrogens with one attached hydrogen (secondary N) is 1. The Morgan fingerprint density at radius 1 is 1.24 bits per heavy atom. The van der Waals surface area contributed by atoms with Crippen molar-refractivity contribution in [1.29, 1.82) is 0 Å². The second-order valence-corrected chi connectivity index (χ2v) is 6.06. The number of pyridine rings is 2. The van der Waals surface area contributed by atoms with E-state index in [-0.39, 0.29) is 23.4 Å². The van der Waals surface area contributed by atoms with Gasteiger partial charge < -0.3 is 5.11 Å². The number of aryl methyl sites for hydroxylation is 1. The summed E-state index contributed by atoms with van der Waals surface area (Å²) in [4.78, 5) is 18.8. The van der Waals surface area contributed by atoms with Crippen LogP contribution in [0.25, 0.3) is 0 Å². The highest BCUT2D eigenvalue weighted by atomic mass is 32.2. The molecule has 0 amide bonds. The average molecular weight is 307 g/mol. The lowest BCUT2D eigenvalue weighted by atomic mass is 10.2. The Morgan fingerprint density at radius 2 is 2.05 bits per heavy atom. The lowest BCUT2D eigenvalue weighted by molar-refractivity contribution is 0.0698. The summed E-state index contributed by atoms with van der Waals surface area (Å²) in [7, 11) is -3.68. The van der Waals surface area contributed by atoms with Gasteiger partial charge in [-0.05, 0) is 18.2 Å². The van der Waals surface area contributed by atoms with E-state index in [1.807, 2.05) is 0 Å². The highest BCUT2D eigenvalue weighted by Gasteiger charge is 2.16. The van der Waals surface area contributed by atoms with Crippen molar-refractivity contribution in [1.82, 2.24) is 9.97 Å². The van der Waals surface area contributed by atoms with Crippen LogP contribution in [0.3, 0.4) is 0 Å². The Hall–Kier alpha value is -2.48. The zero-order chi connectivity index (χ0) is 15.3. The van der Waals surface area contributed by atoms with Gasteiger partial charge in [0.25, 0.3) is 0 Å².